The Hall–Kier alpha value is -0.640. The second-order valence-corrected chi connectivity index (χ2v) is 3.82. The molecule has 0 aromatic carbocycles. The van der Waals surface area contributed by atoms with Crippen LogP contribution in [0.25, 0.3) is 0 Å². The maximum Gasteiger partial charge on any atom is 0.243 e. The third kappa shape index (κ3) is 0.941. The fraction of sp³-hybridized carbons (Fsp3) is 0.500. The topological polar surface area (TPSA) is 37.4 Å². The van der Waals surface area contributed by atoms with Gasteiger partial charge in [0.2, 0.25) is 11.8 Å². The van der Waals surface area contributed by atoms with Crippen molar-refractivity contribution < 1.29 is 9.59 Å². The van der Waals surface area contributed by atoms with Gasteiger partial charge in [-0.15, -0.1) is 0 Å². The van der Waals surface area contributed by atoms with Gasteiger partial charge in [-0.3, -0.25) is 9.59 Å². The molecule has 2 amide bonds. The summed E-state index contributed by atoms with van der Waals surface area (Å²) in [5.74, 6) is -0.396. The van der Waals surface area contributed by atoms with E-state index < -0.39 is 0 Å². The molecule has 1 aliphatic heterocycles. The molecule has 1 aliphatic carbocycles. The minimum atomic E-state index is -0.109. The Morgan fingerprint density at radius 1 is 1.17 bits per heavy atom. The van der Waals surface area contributed by atoms with Crippen molar-refractivity contribution in [2.75, 3.05) is 0 Å². The zero-order valence-electron chi connectivity index (χ0n) is 6.37. The van der Waals surface area contributed by atoms with Crippen LogP contribution in [0.1, 0.15) is 12.8 Å². The van der Waals surface area contributed by atoms with Crippen molar-refractivity contribution in [1.29, 1.82) is 0 Å². The van der Waals surface area contributed by atoms with Crippen LogP contribution in [0.15, 0.2) is 12.2 Å². The van der Waals surface area contributed by atoms with E-state index in [0.29, 0.717) is 12.8 Å². The quantitative estimate of drug-likeness (QED) is 0.356. The molecule has 64 valence electrons. The number of carbonyl (C=O) groups is 2. The lowest BCUT2D eigenvalue weighted by molar-refractivity contribution is -0.132. The van der Waals surface area contributed by atoms with Crippen molar-refractivity contribution in [3.05, 3.63) is 12.2 Å². The summed E-state index contributed by atoms with van der Waals surface area (Å²) in [4.78, 5) is 22.7. The summed E-state index contributed by atoms with van der Waals surface area (Å²) < 4.78 is 1.08. The first-order valence-electron chi connectivity index (χ1n) is 3.90. The average Bonchev–Trinajstić information content (AvgIpc) is 2.33. The first-order valence-corrected chi connectivity index (χ1v) is 4.61. The van der Waals surface area contributed by atoms with Crippen LogP contribution in [0.4, 0.5) is 0 Å². The second kappa shape index (κ2) is 2.69. The number of nitrogens with zero attached hydrogens (tertiary/aromatic N) is 1. The lowest BCUT2D eigenvalue weighted by Gasteiger charge is -2.14. The number of hydrogen-bond acceptors (Lipinski definition) is 2. The first-order chi connectivity index (χ1) is 5.72. The maximum atomic E-state index is 11.4. The monoisotopic (exact) mass is 229 g/mol. The van der Waals surface area contributed by atoms with Gasteiger partial charge in [0.15, 0.2) is 0 Å². The van der Waals surface area contributed by atoms with Crippen LogP contribution in [-0.2, 0) is 9.59 Å². The number of hydrogen-bond donors (Lipinski definition) is 0. The minimum absolute atomic E-state index is 0.0886. The van der Waals surface area contributed by atoms with Gasteiger partial charge in [0.05, 0.1) is 28.0 Å². The molecule has 0 aromatic rings. The van der Waals surface area contributed by atoms with Crippen LogP contribution in [0.5, 0.6) is 0 Å². The van der Waals surface area contributed by atoms with Gasteiger partial charge in [-0.1, -0.05) is 12.2 Å². The smallest absolute Gasteiger partial charge is 0.243 e. The van der Waals surface area contributed by atoms with E-state index in [1.165, 1.54) is 0 Å². The van der Waals surface area contributed by atoms with Crippen LogP contribution in [-0.4, -0.2) is 15.7 Å². The minimum Gasteiger partial charge on any atom is -0.273 e. The van der Waals surface area contributed by atoms with E-state index in [2.05, 4.69) is 16.1 Å². The summed E-state index contributed by atoms with van der Waals surface area (Å²) in [5.41, 5.74) is 0. The molecule has 0 spiro atoms. The van der Waals surface area contributed by atoms with Crippen molar-refractivity contribution in [3.8, 4) is 0 Å². The number of carbonyl (C=O) groups excluding carboxylic acids is 2. The van der Waals surface area contributed by atoms with E-state index in [1.807, 2.05) is 12.2 Å². The summed E-state index contributed by atoms with van der Waals surface area (Å²) in [7, 11) is 0. The molecule has 2 atom stereocenters. The Morgan fingerprint density at radius 2 is 1.58 bits per heavy atom. The van der Waals surface area contributed by atoms with Crippen LogP contribution in [0, 0.1) is 11.8 Å². The Kier molecular flexibility index (Phi) is 1.79. The molecular formula is C8H8BrNO2. The number of imide groups is 1. The average molecular weight is 230 g/mol. The Bertz CT molecular complexity index is 248. The van der Waals surface area contributed by atoms with Crippen LogP contribution in [0.2, 0.25) is 0 Å². The van der Waals surface area contributed by atoms with E-state index in [1.54, 1.807) is 0 Å². The number of amides is 2. The lowest BCUT2D eigenvalue weighted by atomic mass is 9.85. The molecule has 1 saturated heterocycles. The van der Waals surface area contributed by atoms with Crippen molar-refractivity contribution in [1.82, 2.24) is 3.93 Å². The Labute approximate surface area is 78.8 Å². The van der Waals surface area contributed by atoms with Crippen molar-refractivity contribution in [2.24, 2.45) is 11.8 Å². The summed E-state index contributed by atoms with van der Waals surface area (Å²) in [6, 6.07) is 0. The van der Waals surface area contributed by atoms with E-state index in [9.17, 15) is 9.59 Å². The highest BCUT2D eigenvalue weighted by Crippen LogP contribution is 2.36. The SMILES string of the molecule is O=C1[C@H]2CC=CC[C@H]2C(=O)N1Br. The summed E-state index contributed by atoms with van der Waals surface area (Å²) in [6.07, 6.45) is 5.35. The maximum absolute atomic E-state index is 11.4. The number of allylic oxidation sites excluding steroid dienone is 2. The van der Waals surface area contributed by atoms with Crippen molar-refractivity contribution in [3.63, 3.8) is 0 Å². The molecule has 2 rings (SSSR count). The predicted molar refractivity (Wildman–Crippen MR) is 46.1 cm³/mol. The van der Waals surface area contributed by atoms with Gasteiger partial charge in [0.1, 0.15) is 0 Å². The number of rotatable bonds is 0. The highest BCUT2D eigenvalue weighted by Gasteiger charge is 2.46. The van der Waals surface area contributed by atoms with Crippen LogP contribution in [0.3, 0.4) is 0 Å². The highest BCUT2D eigenvalue weighted by molar-refractivity contribution is 9.08. The normalized spacial score (nSPS) is 34.2. The van der Waals surface area contributed by atoms with Gasteiger partial charge < -0.3 is 0 Å². The molecule has 3 nitrogen and oxygen atoms in total. The van der Waals surface area contributed by atoms with Gasteiger partial charge >= 0.3 is 0 Å². The van der Waals surface area contributed by atoms with E-state index in [-0.39, 0.29) is 23.7 Å². The van der Waals surface area contributed by atoms with E-state index in [4.69, 9.17) is 0 Å². The molecule has 1 fully saturated rings. The Balaban J connectivity index is 2.31. The molecule has 1 heterocycles. The lowest BCUT2D eigenvalue weighted by Crippen LogP contribution is -2.19. The number of halogens is 1. The van der Waals surface area contributed by atoms with Gasteiger partial charge in [0, 0.05) is 0 Å². The fourth-order valence-corrected chi connectivity index (χ4v) is 2.29. The second-order valence-electron chi connectivity index (χ2n) is 3.11. The van der Waals surface area contributed by atoms with Gasteiger partial charge in [-0.05, 0) is 12.8 Å². The van der Waals surface area contributed by atoms with Crippen LogP contribution >= 0.6 is 16.1 Å². The molecule has 0 bridgehead atoms. The van der Waals surface area contributed by atoms with Gasteiger partial charge in [0.25, 0.3) is 0 Å². The molecule has 2 aliphatic rings. The Morgan fingerprint density at radius 3 is 2.00 bits per heavy atom. The van der Waals surface area contributed by atoms with Gasteiger partial charge in [-0.25, -0.2) is 3.93 Å². The third-order valence-corrected chi connectivity index (χ3v) is 3.15. The predicted octanol–water partition coefficient (Wildman–Crippen LogP) is 1.25. The van der Waals surface area contributed by atoms with E-state index in [0.717, 1.165) is 3.93 Å². The first kappa shape index (κ1) is 7.98. The summed E-state index contributed by atoms with van der Waals surface area (Å²) in [5, 5.41) is 0. The summed E-state index contributed by atoms with van der Waals surface area (Å²) in [6.45, 7) is 0. The summed E-state index contributed by atoms with van der Waals surface area (Å²) >= 11 is 2.97. The molecule has 0 unspecified atom stereocenters. The molecule has 4 heteroatoms. The zero-order valence-corrected chi connectivity index (χ0v) is 7.95. The highest BCUT2D eigenvalue weighted by atomic mass is 79.9. The molecule has 0 N–H and O–H groups in total. The largest absolute Gasteiger partial charge is 0.273 e. The number of fused-ring (bicyclic) bond motifs is 1. The van der Waals surface area contributed by atoms with E-state index >= 15 is 0 Å². The van der Waals surface area contributed by atoms with Crippen molar-refractivity contribution >= 4 is 28.0 Å². The fourth-order valence-electron chi connectivity index (χ4n) is 1.76. The zero-order chi connectivity index (χ0) is 8.72. The molecule has 0 aromatic heterocycles. The molecule has 0 radical (unpaired) electrons. The van der Waals surface area contributed by atoms with Crippen molar-refractivity contribution in [2.45, 2.75) is 12.8 Å². The molecule has 12 heavy (non-hydrogen) atoms. The molecular weight excluding hydrogens is 222 g/mol. The van der Waals surface area contributed by atoms with Gasteiger partial charge in [-0.2, -0.15) is 0 Å². The third-order valence-electron chi connectivity index (χ3n) is 2.45. The molecule has 0 saturated carbocycles. The standard InChI is InChI=1S/C8H8BrNO2/c9-10-7(11)5-3-1-2-4-6(5)8(10)12/h1-2,5-6H,3-4H2/t5-,6+. The van der Waals surface area contributed by atoms with Crippen LogP contribution < -0.4 is 0 Å².